The first-order chi connectivity index (χ1) is 16.6. The van der Waals surface area contributed by atoms with Crippen molar-refractivity contribution < 1.29 is 9.90 Å². The summed E-state index contributed by atoms with van der Waals surface area (Å²) >= 11 is 1.36. The van der Waals surface area contributed by atoms with Crippen molar-refractivity contribution in [2.45, 2.75) is 31.4 Å². The van der Waals surface area contributed by atoms with Gasteiger partial charge in [-0.2, -0.15) is 0 Å². The molecule has 6 rings (SSSR count). The van der Waals surface area contributed by atoms with Gasteiger partial charge in [-0.05, 0) is 48.6 Å². The van der Waals surface area contributed by atoms with Crippen LogP contribution in [0.2, 0.25) is 0 Å². The number of rotatable bonds is 4. The Hall–Kier alpha value is -3.68. The lowest BCUT2D eigenvalue weighted by atomic mass is 10.1. The molecule has 1 amide bonds. The largest absolute Gasteiger partial charge is 0.391 e. The van der Waals surface area contributed by atoms with Crippen molar-refractivity contribution in [3.05, 3.63) is 77.2 Å². The first-order valence-corrected chi connectivity index (χ1v) is 12.2. The monoisotopic (exact) mass is 468 g/mol. The Morgan fingerprint density at radius 2 is 1.94 bits per heavy atom. The molecule has 0 saturated heterocycles. The van der Waals surface area contributed by atoms with Gasteiger partial charge in [0.25, 0.3) is 5.91 Å². The Bertz CT molecular complexity index is 1580. The Morgan fingerprint density at radius 1 is 1.12 bits per heavy atom. The number of aromatic amines is 1. The fourth-order valence-electron chi connectivity index (χ4n) is 4.91. The first-order valence-electron chi connectivity index (χ1n) is 11.4. The average molecular weight is 469 g/mol. The summed E-state index contributed by atoms with van der Waals surface area (Å²) in [5, 5.41) is 14.1. The molecule has 0 radical (unpaired) electrons. The molecular weight excluding hydrogens is 444 g/mol. The highest BCUT2D eigenvalue weighted by Crippen LogP contribution is 2.34. The van der Waals surface area contributed by atoms with Crippen molar-refractivity contribution in [1.29, 1.82) is 0 Å². The van der Waals surface area contributed by atoms with Crippen molar-refractivity contribution in [2.24, 2.45) is 0 Å². The summed E-state index contributed by atoms with van der Waals surface area (Å²) in [6.45, 7) is 4.28. The molecule has 34 heavy (non-hydrogen) atoms. The number of hydrogen-bond donors (Lipinski definition) is 3. The summed E-state index contributed by atoms with van der Waals surface area (Å²) in [7, 11) is 0. The second-order valence-corrected chi connectivity index (χ2v) is 9.72. The lowest BCUT2D eigenvalue weighted by Gasteiger charge is -2.16. The third-order valence-corrected chi connectivity index (χ3v) is 7.66. The van der Waals surface area contributed by atoms with E-state index in [-0.39, 0.29) is 11.9 Å². The van der Waals surface area contributed by atoms with Crippen LogP contribution in [0, 0.1) is 0 Å². The van der Waals surface area contributed by atoms with Crippen molar-refractivity contribution in [3.63, 3.8) is 0 Å². The summed E-state index contributed by atoms with van der Waals surface area (Å²) < 4.78 is 2.07. The second kappa shape index (κ2) is 8.27. The molecule has 170 valence electrons. The average Bonchev–Trinajstić information content (AvgIpc) is 3.44. The van der Waals surface area contributed by atoms with E-state index in [1.807, 2.05) is 30.3 Å². The van der Waals surface area contributed by atoms with E-state index in [2.05, 4.69) is 56.8 Å². The molecule has 1 saturated carbocycles. The van der Waals surface area contributed by atoms with Crippen LogP contribution in [0.4, 0.5) is 0 Å². The molecular formula is C27H24N4O2S. The lowest BCUT2D eigenvalue weighted by molar-refractivity contribution is 0.0878. The maximum atomic E-state index is 13.2. The number of aliphatic hydroxyl groups excluding tert-OH is 1. The first kappa shape index (κ1) is 20.9. The fourth-order valence-corrected chi connectivity index (χ4v) is 5.93. The van der Waals surface area contributed by atoms with Gasteiger partial charge in [-0.15, -0.1) is 11.3 Å². The highest BCUT2D eigenvalue weighted by Gasteiger charge is 2.29. The predicted octanol–water partition coefficient (Wildman–Crippen LogP) is 4.57. The van der Waals surface area contributed by atoms with Crippen LogP contribution >= 0.6 is 11.3 Å². The Balaban J connectivity index is 1.49. The molecule has 0 aliphatic heterocycles. The number of H-pyrrole nitrogens is 1. The highest BCUT2D eigenvalue weighted by atomic mass is 32.1. The van der Waals surface area contributed by atoms with Crippen LogP contribution in [0.5, 0.6) is 0 Å². The number of thiophene rings is 1. The van der Waals surface area contributed by atoms with E-state index in [1.54, 1.807) is 6.20 Å². The third kappa shape index (κ3) is 3.45. The topological polar surface area (TPSA) is 82.9 Å². The number of amides is 1. The number of aromatic nitrogens is 3. The second-order valence-electron chi connectivity index (χ2n) is 8.72. The number of carbonyl (C=O) groups is 1. The molecule has 1 aliphatic carbocycles. The Kier molecular flexibility index (Phi) is 5.08. The SMILES string of the molecule is C=c1[nH]c2c(C(=O)N[C@@H]3CCCC3O)sc3nccc(c32)n1-c1cccc(-c2ccccc2)c1. The number of benzene rings is 2. The van der Waals surface area contributed by atoms with Crippen LogP contribution in [-0.2, 0) is 0 Å². The van der Waals surface area contributed by atoms with Crippen molar-refractivity contribution in [2.75, 3.05) is 0 Å². The van der Waals surface area contributed by atoms with Crippen LogP contribution in [0.15, 0.2) is 66.9 Å². The van der Waals surface area contributed by atoms with Gasteiger partial charge in [0.05, 0.1) is 28.6 Å². The van der Waals surface area contributed by atoms with E-state index in [4.69, 9.17) is 0 Å². The van der Waals surface area contributed by atoms with E-state index < -0.39 is 6.10 Å². The molecule has 5 aromatic rings. The maximum absolute atomic E-state index is 13.2. The van der Waals surface area contributed by atoms with Gasteiger partial charge < -0.3 is 15.4 Å². The standard InChI is InChI=1S/C27H24N4O2S/c1-16-29-24-23-21(31(16)19-10-5-9-18(15-19)17-7-3-2-4-8-17)13-14-28-27(23)34-25(24)26(33)30-20-11-6-12-22(20)32/h2-5,7-10,13-15,20,22,29,32H,1,6,11-12H2,(H,30,33)/t20-,22?/m1/s1. The Labute approximate surface area is 200 Å². The molecule has 0 bridgehead atoms. The van der Waals surface area contributed by atoms with Crippen molar-refractivity contribution in [3.8, 4) is 16.8 Å². The minimum absolute atomic E-state index is 0.185. The fraction of sp³-hybridized carbons (Fsp3) is 0.185. The molecule has 1 fully saturated rings. The third-order valence-electron chi connectivity index (χ3n) is 6.56. The zero-order valence-electron chi connectivity index (χ0n) is 18.5. The maximum Gasteiger partial charge on any atom is 0.263 e. The highest BCUT2D eigenvalue weighted by molar-refractivity contribution is 7.21. The summed E-state index contributed by atoms with van der Waals surface area (Å²) in [5.41, 5.74) is 5.56. The zero-order valence-corrected chi connectivity index (χ0v) is 19.3. The van der Waals surface area contributed by atoms with Crippen molar-refractivity contribution in [1.82, 2.24) is 19.9 Å². The van der Waals surface area contributed by atoms with Gasteiger partial charge in [-0.1, -0.05) is 49.0 Å². The van der Waals surface area contributed by atoms with Crippen LogP contribution in [0.1, 0.15) is 28.9 Å². The minimum Gasteiger partial charge on any atom is -0.391 e. The Morgan fingerprint density at radius 3 is 2.74 bits per heavy atom. The van der Waals surface area contributed by atoms with Crippen LogP contribution < -0.4 is 10.8 Å². The van der Waals surface area contributed by atoms with Gasteiger partial charge in [-0.3, -0.25) is 9.36 Å². The number of nitrogens with zero attached hydrogens (tertiary/aromatic N) is 2. The van der Waals surface area contributed by atoms with E-state index in [1.165, 1.54) is 11.3 Å². The summed E-state index contributed by atoms with van der Waals surface area (Å²) in [4.78, 5) is 22.4. The number of nitrogens with one attached hydrogen (secondary N) is 2. The van der Waals surface area contributed by atoms with Gasteiger partial charge in [0.2, 0.25) is 0 Å². The summed E-state index contributed by atoms with van der Waals surface area (Å²) in [5.74, 6) is -0.185. The molecule has 3 N–H and O–H groups in total. The summed E-state index contributed by atoms with van der Waals surface area (Å²) in [6.07, 6.45) is 3.72. The minimum atomic E-state index is -0.487. The number of carbonyl (C=O) groups excluding carboxylic acids is 1. The smallest absolute Gasteiger partial charge is 0.263 e. The van der Waals surface area contributed by atoms with Gasteiger partial charge in [-0.25, -0.2) is 4.98 Å². The molecule has 3 aromatic heterocycles. The predicted molar refractivity (Wildman–Crippen MR) is 137 cm³/mol. The van der Waals surface area contributed by atoms with Gasteiger partial charge in [0.15, 0.2) is 0 Å². The lowest BCUT2D eigenvalue weighted by Crippen LogP contribution is -2.39. The molecule has 1 aliphatic rings. The molecule has 3 heterocycles. The van der Waals surface area contributed by atoms with Gasteiger partial charge in [0.1, 0.15) is 15.2 Å². The normalized spacial score (nSPS) is 18.0. The van der Waals surface area contributed by atoms with Crippen molar-refractivity contribution >= 4 is 45.1 Å². The quantitative estimate of drug-likeness (QED) is 0.361. The molecule has 1 unspecified atom stereocenters. The zero-order chi connectivity index (χ0) is 23.2. The van der Waals surface area contributed by atoms with E-state index in [0.29, 0.717) is 10.4 Å². The van der Waals surface area contributed by atoms with E-state index >= 15 is 0 Å². The van der Waals surface area contributed by atoms with E-state index in [0.717, 1.165) is 57.3 Å². The molecule has 7 heteroatoms. The van der Waals surface area contributed by atoms with E-state index in [9.17, 15) is 9.90 Å². The van der Waals surface area contributed by atoms with Crippen LogP contribution in [0.3, 0.4) is 0 Å². The van der Waals surface area contributed by atoms with Gasteiger partial charge in [0, 0.05) is 11.9 Å². The van der Waals surface area contributed by atoms with Crippen LogP contribution in [0.25, 0.3) is 44.6 Å². The summed E-state index contributed by atoms with van der Waals surface area (Å²) in [6, 6.07) is 20.3. The molecule has 0 spiro atoms. The number of hydrogen-bond acceptors (Lipinski definition) is 4. The number of aliphatic hydroxyl groups is 1. The molecule has 6 nitrogen and oxygen atoms in total. The number of pyridine rings is 1. The van der Waals surface area contributed by atoms with Gasteiger partial charge >= 0.3 is 0 Å². The molecule has 2 atom stereocenters. The van der Waals surface area contributed by atoms with Crippen LogP contribution in [-0.4, -0.2) is 37.7 Å². The molecule has 2 aromatic carbocycles.